The Balaban J connectivity index is 1.66. The minimum atomic E-state index is -0.0783. The fourth-order valence-corrected chi connectivity index (χ4v) is 6.90. The molecule has 2 nitrogen and oxygen atoms in total. The van der Waals surface area contributed by atoms with Crippen molar-refractivity contribution in [3.05, 3.63) is 141 Å². The molecule has 2 aromatic rings. The van der Waals surface area contributed by atoms with Gasteiger partial charge in [0.2, 0.25) is 0 Å². The highest BCUT2D eigenvalue weighted by Crippen LogP contribution is 2.52. The first-order valence-corrected chi connectivity index (χ1v) is 15.3. The van der Waals surface area contributed by atoms with E-state index in [2.05, 4.69) is 116 Å². The Morgan fingerprint density at radius 1 is 0.476 bits per heavy atom. The van der Waals surface area contributed by atoms with Crippen LogP contribution in [0.15, 0.2) is 94.2 Å². The normalized spacial score (nSPS) is 13.5. The number of rotatable bonds is 7. The number of aryl methyl sites for hydroxylation is 4. The molecule has 4 aliphatic rings. The summed E-state index contributed by atoms with van der Waals surface area (Å²) in [5.41, 5.74) is 15.7. The number of fused-ring (bicyclic) bond motifs is 2. The van der Waals surface area contributed by atoms with Crippen LogP contribution in [0, 0.1) is 27.7 Å². The summed E-state index contributed by atoms with van der Waals surface area (Å²) in [6.07, 6.45) is 3.61. The van der Waals surface area contributed by atoms with Crippen molar-refractivity contribution >= 4 is 0 Å². The van der Waals surface area contributed by atoms with Crippen molar-refractivity contribution in [3.8, 4) is 22.3 Å². The van der Waals surface area contributed by atoms with Crippen LogP contribution in [-0.4, -0.2) is 0 Å². The molecule has 4 aliphatic carbocycles. The summed E-state index contributed by atoms with van der Waals surface area (Å²) < 4.78 is 12.6. The van der Waals surface area contributed by atoms with Crippen molar-refractivity contribution in [1.29, 1.82) is 0 Å². The van der Waals surface area contributed by atoms with Crippen LogP contribution in [0.1, 0.15) is 107 Å². The maximum atomic E-state index is 6.31. The van der Waals surface area contributed by atoms with Crippen LogP contribution < -0.4 is 0 Å². The van der Waals surface area contributed by atoms with Gasteiger partial charge in [-0.25, -0.2) is 0 Å². The van der Waals surface area contributed by atoms with E-state index in [1.165, 1.54) is 66.8 Å². The Morgan fingerprint density at radius 3 is 1.21 bits per heavy atom. The second kappa shape index (κ2) is 11.0. The summed E-state index contributed by atoms with van der Waals surface area (Å²) in [7, 11) is 0. The molecule has 214 valence electrons. The molecule has 0 aromatic carbocycles. The van der Waals surface area contributed by atoms with Gasteiger partial charge in [0.1, 0.15) is 11.5 Å². The fourth-order valence-electron chi connectivity index (χ4n) is 6.90. The predicted molar refractivity (Wildman–Crippen MR) is 174 cm³/mol. The molecular formula is C40H42O2. The summed E-state index contributed by atoms with van der Waals surface area (Å²) >= 11 is 0. The second-order valence-electron chi connectivity index (χ2n) is 12.8. The maximum Gasteiger partial charge on any atom is 0.112 e. The van der Waals surface area contributed by atoms with Crippen LogP contribution in [0.4, 0.5) is 0 Å². The first kappa shape index (κ1) is 28.1. The molecule has 6 rings (SSSR count). The summed E-state index contributed by atoms with van der Waals surface area (Å²) in [4.78, 5) is 0. The van der Waals surface area contributed by atoms with E-state index in [0.29, 0.717) is 11.8 Å². The van der Waals surface area contributed by atoms with Crippen LogP contribution in [0.3, 0.4) is 0 Å². The van der Waals surface area contributed by atoms with Gasteiger partial charge in [0.05, 0.1) is 24.4 Å². The molecule has 2 aromatic heterocycles. The van der Waals surface area contributed by atoms with Gasteiger partial charge in [0.25, 0.3) is 0 Å². The quantitative estimate of drug-likeness (QED) is 0.196. The molecule has 0 saturated carbocycles. The zero-order valence-electron chi connectivity index (χ0n) is 26.2. The van der Waals surface area contributed by atoms with E-state index in [0.717, 1.165) is 11.5 Å². The lowest BCUT2D eigenvalue weighted by atomic mass is 9.76. The molecule has 0 bridgehead atoms. The van der Waals surface area contributed by atoms with Crippen molar-refractivity contribution < 1.29 is 8.83 Å². The molecule has 0 fully saturated rings. The van der Waals surface area contributed by atoms with E-state index < -0.39 is 0 Å². The van der Waals surface area contributed by atoms with Crippen LogP contribution >= 0.6 is 0 Å². The van der Waals surface area contributed by atoms with E-state index in [4.69, 9.17) is 8.83 Å². The van der Waals surface area contributed by atoms with E-state index >= 15 is 0 Å². The summed E-state index contributed by atoms with van der Waals surface area (Å²) in [6.45, 7) is 18.1. The van der Waals surface area contributed by atoms with Crippen LogP contribution in [0.25, 0.3) is 22.3 Å². The van der Waals surface area contributed by atoms with Crippen molar-refractivity contribution in [2.45, 2.75) is 79.1 Å². The summed E-state index contributed by atoms with van der Waals surface area (Å²) in [6, 6.07) is 27.0. The molecule has 0 spiro atoms. The average molecular weight is 555 g/mol. The van der Waals surface area contributed by atoms with Crippen LogP contribution in [0.2, 0.25) is 0 Å². The third kappa shape index (κ3) is 4.77. The number of furan rings is 2. The smallest absolute Gasteiger partial charge is 0.112 e. The van der Waals surface area contributed by atoms with Gasteiger partial charge < -0.3 is 8.83 Å². The van der Waals surface area contributed by atoms with Gasteiger partial charge in [-0.3, -0.25) is 0 Å². The van der Waals surface area contributed by atoms with Gasteiger partial charge >= 0.3 is 0 Å². The third-order valence-electron chi connectivity index (χ3n) is 9.21. The summed E-state index contributed by atoms with van der Waals surface area (Å²) in [5, 5.41) is 0. The van der Waals surface area contributed by atoms with E-state index in [9.17, 15) is 0 Å². The number of hydrogen-bond donors (Lipinski definition) is 0. The van der Waals surface area contributed by atoms with Gasteiger partial charge in [-0.15, -0.1) is 0 Å². The highest BCUT2D eigenvalue weighted by atomic mass is 16.3. The molecule has 0 N–H and O–H groups in total. The molecule has 2 heteroatoms. The van der Waals surface area contributed by atoms with Gasteiger partial charge in [-0.1, -0.05) is 76.2 Å². The maximum absolute atomic E-state index is 6.31. The van der Waals surface area contributed by atoms with E-state index in [1.54, 1.807) is 12.5 Å². The van der Waals surface area contributed by atoms with E-state index in [1.807, 2.05) is 12.1 Å². The molecule has 2 heterocycles. The highest BCUT2D eigenvalue weighted by Gasteiger charge is 2.38. The van der Waals surface area contributed by atoms with E-state index in [-0.39, 0.29) is 11.8 Å². The fraction of sp³-hybridized carbons (Fsp3) is 0.300. The molecular weight excluding hydrogens is 512 g/mol. The van der Waals surface area contributed by atoms with Crippen molar-refractivity contribution in [3.63, 3.8) is 0 Å². The molecule has 42 heavy (non-hydrogen) atoms. The first-order chi connectivity index (χ1) is 20.2. The Bertz CT molecular complexity index is 1630. The van der Waals surface area contributed by atoms with Gasteiger partial charge in [0.15, 0.2) is 0 Å². The second-order valence-corrected chi connectivity index (χ2v) is 12.8. The van der Waals surface area contributed by atoms with Crippen molar-refractivity contribution in [2.24, 2.45) is 0 Å². The summed E-state index contributed by atoms with van der Waals surface area (Å²) in [5.74, 6) is 2.65. The zero-order valence-corrected chi connectivity index (χ0v) is 26.2. The predicted octanol–water partition coefficient (Wildman–Crippen LogP) is 11.5. The molecule has 0 saturated heterocycles. The lowest BCUT2D eigenvalue weighted by Gasteiger charge is -2.27. The Morgan fingerprint density at radius 2 is 0.881 bits per heavy atom. The van der Waals surface area contributed by atoms with Crippen molar-refractivity contribution in [2.75, 3.05) is 0 Å². The van der Waals surface area contributed by atoms with Crippen LogP contribution in [-0.2, 0) is 0 Å². The topological polar surface area (TPSA) is 26.3 Å². The molecule has 2 unspecified atom stereocenters. The molecule has 0 aliphatic heterocycles. The Hall–Kier alpha value is -4.04. The highest BCUT2D eigenvalue weighted by molar-refractivity contribution is 5.82. The average Bonchev–Trinajstić information content (AvgIpc) is 3.72. The lowest BCUT2D eigenvalue weighted by Crippen LogP contribution is -2.14. The monoisotopic (exact) mass is 554 g/mol. The molecule has 2 atom stereocenters. The SMILES string of the molecule is Cc1cc(C(c2ccco2)C(c2ccco2)c2cc(C)c3cc(C(C)C)ccc(C)c2-3)c2c(C)ccc(C(C)C)cc1-2. The van der Waals surface area contributed by atoms with Crippen molar-refractivity contribution in [1.82, 2.24) is 0 Å². The Labute approximate surface area is 251 Å². The van der Waals surface area contributed by atoms with Gasteiger partial charge in [-0.2, -0.15) is 0 Å². The third-order valence-corrected chi connectivity index (χ3v) is 9.21. The number of hydrogen-bond acceptors (Lipinski definition) is 2. The molecule has 0 radical (unpaired) electrons. The minimum Gasteiger partial charge on any atom is -0.469 e. The lowest BCUT2D eigenvalue weighted by molar-refractivity contribution is 0.424. The standard InChI is InChI=1S/C40H42O2/c1-23(2)29-15-13-25(5)37-31(21-29)27(7)19-33(37)39(35-11-9-17-41-35)40(36-12-10-18-42-36)34-20-28(8)32-22-30(24(3)4)16-14-26(6)38(32)34/h9-24,39-40H,1-8H3. The van der Waals surface area contributed by atoms with Crippen LogP contribution in [0.5, 0.6) is 0 Å². The first-order valence-electron chi connectivity index (χ1n) is 15.3. The Kier molecular flexibility index (Phi) is 7.35. The van der Waals surface area contributed by atoms with Gasteiger partial charge in [-0.05, 0) is 131 Å². The zero-order chi connectivity index (χ0) is 29.7. The largest absolute Gasteiger partial charge is 0.469 e. The molecule has 0 amide bonds. The minimum absolute atomic E-state index is 0.0783. The van der Waals surface area contributed by atoms with Gasteiger partial charge in [0, 0.05) is 0 Å².